The minimum absolute atomic E-state index is 0.704. The first-order chi connectivity index (χ1) is 58.9. The number of hydrogen-bond donors (Lipinski definition) is 0. The highest BCUT2D eigenvalue weighted by Crippen LogP contribution is 2.48. The van der Waals surface area contributed by atoms with Gasteiger partial charge in [0.2, 0.25) is 0 Å². The average molecular weight is 1590 g/mol. The van der Waals surface area contributed by atoms with E-state index in [2.05, 4.69) is 261 Å². The quantitative estimate of drug-likeness (QED) is 0.111. The van der Waals surface area contributed by atoms with Crippen molar-refractivity contribution in [2.75, 3.05) is 0 Å². The van der Waals surface area contributed by atoms with E-state index in [0.29, 0.717) is 11.6 Å². The molecule has 23 aromatic rings. The van der Waals surface area contributed by atoms with Gasteiger partial charge in [0.25, 0.3) is 0 Å². The van der Waals surface area contributed by atoms with Gasteiger partial charge < -0.3 is 4.57 Å². The summed E-state index contributed by atoms with van der Waals surface area (Å²) in [4.78, 5) is 35.4. The maximum absolute atomic E-state index is 14.8. The standard InChI is InChI=1S/2C37H23N3S.C33H22NOPS/c1-3-11-24(12-4-1)31-23-32(40-37(39-31)27-13-5-2-6-14-27)25-19-21-26(22-20-25)35-36-34(28-15-7-9-17-30(28)38-35)29-16-8-10-18-33(29)41-36;1-3-11-24(12-4-1)31-23-32(25-13-5-2-6-14-25)40-37(39-31)27-21-19-26(20-22-27)35-36-34(28-15-7-9-17-30(28)38-35)29-16-8-10-18-33(29)41-36;35-36(24-11-3-1-4-12-24,25-13-5-2-6-14-25)26-21-19-23(20-22-26)32-33-31(27-15-7-9-17-29(27)34-32)28-16-8-10-18-30(28)37-33/h2*1-23H;1-22H. The molecule has 8 heterocycles. The molecule has 0 bridgehead atoms. The number of thiophene rings is 3. The zero-order chi connectivity index (χ0) is 79.2. The Hall–Kier alpha value is -14.4. The molecule has 0 aliphatic heterocycles. The predicted molar refractivity (Wildman–Crippen MR) is 503 cm³/mol. The van der Waals surface area contributed by atoms with E-state index in [1.54, 1.807) is 11.3 Å². The number of benzene rings is 15. The lowest BCUT2D eigenvalue weighted by molar-refractivity contribution is 0.592. The fraction of sp³-hybridized carbons (Fsp3) is 0. The van der Waals surface area contributed by atoms with Crippen LogP contribution >= 0.6 is 41.2 Å². The molecule has 12 heteroatoms. The van der Waals surface area contributed by atoms with Crippen molar-refractivity contribution in [2.45, 2.75) is 0 Å². The van der Waals surface area contributed by atoms with Gasteiger partial charge in [-0.2, -0.15) is 0 Å². The van der Waals surface area contributed by atoms with Crippen molar-refractivity contribution in [3.05, 3.63) is 413 Å². The van der Waals surface area contributed by atoms with Crippen molar-refractivity contribution in [3.8, 4) is 102 Å². The van der Waals surface area contributed by atoms with Gasteiger partial charge in [-0.1, -0.05) is 364 Å². The van der Waals surface area contributed by atoms with Crippen LogP contribution in [0.1, 0.15) is 0 Å². The maximum Gasteiger partial charge on any atom is 0.171 e. The first kappa shape index (κ1) is 72.3. The summed E-state index contributed by atoms with van der Waals surface area (Å²) in [6.45, 7) is 0. The number of rotatable bonds is 12. The zero-order valence-electron chi connectivity index (χ0n) is 64.0. The number of pyridine rings is 3. The van der Waals surface area contributed by atoms with Crippen LogP contribution in [-0.4, -0.2) is 34.9 Å². The molecule has 0 saturated carbocycles. The van der Waals surface area contributed by atoms with Crippen LogP contribution in [0.15, 0.2) is 413 Å². The van der Waals surface area contributed by atoms with E-state index < -0.39 is 7.14 Å². The summed E-state index contributed by atoms with van der Waals surface area (Å²) in [5, 5.41) is 13.7. The topological polar surface area (TPSA) is 107 Å². The Morgan fingerprint density at radius 3 is 0.748 bits per heavy atom. The molecule has 0 saturated heterocycles. The van der Waals surface area contributed by atoms with E-state index >= 15 is 0 Å². The molecule has 119 heavy (non-hydrogen) atoms. The van der Waals surface area contributed by atoms with Crippen LogP contribution in [0.4, 0.5) is 0 Å². The molecule has 15 aromatic carbocycles. The number of para-hydroxylation sites is 3. The van der Waals surface area contributed by atoms with E-state index in [-0.39, 0.29) is 0 Å². The van der Waals surface area contributed by atoms with E-state index in [4.69, 9.17) is 34.9 Å². The van der Waals surface area contributed by atoms with Crippen LogP contribution in [0.2, 0.25) is 0 Å². The largest absolute Gasteiger partial charge is 0.309 e. The van der Waals surface area contributed by atoms with E-state index in [9.17, 15) is 4.57 Å². The highest BCUT2D eigenvalue weighted by molar-refractivity contribution is 7.85. The van der Waals surface area contributed by atoms with Crippen molar-refractivity contribution in [2.24, 2.45) is 0 Å². The van der Waals surface area contributed by atoms with Crippen molar-refractivity contribution >= 4 is 150 Å². The molecular formula is C107H68N7OPS3. The smallest absolute Gasteiger partial charge is 0.171 e. The summed E-state index contributed by atoms with van der Waals surface area (Å²) >= 11 is 5.41. The number of hydrogen-bond acceptors (Lipinski definition) is 11. The second-order valence-electron chi connectivity index (χ2n) is 29.2. The molecule has 0 aliphatic carbocycles. The van der Waals surface area contributed by atoms with Crippen molar-refractivity contribution in [1.82, 2.24) is 34.9 Å². The lowest BCUT2D eigenvalue weighted by Gasteiger charge is -2.20. The van der Waals surface area contributed by atoms with Crippen molar-refractivity contribution < 1.29 is 4.57 Å². The second-order valence-corrected chi connectivity index (χ2v) is 35.1. The van der Waals surface area contributed by atoms with Crippen LogP contribution < -0.4 is 15.9 Å². The second kappa shape index (κ2) is 31.3. The van der Waals surface area contributed by atoms with Crippen LogP contribution in [0, 0.1) is 0 Å². The summed E-state index contributed by atoms with van der Waals surface area (Å²) in [5.74, 6) is 1.42. The van der Waals surface area contributed by atoms with Crippen molar-refractivity contribution in [1.29, 1.82) is 0 Å². The summed E-state index contributed by atoms with van der Waals surface area (Å²) < 4.78 is 22.2. The molecule has 0 N–H and O–H groups in total. The molecule has 0 unspecified atom stereocenters. The number of fused-ring (bicyclic) bond motifs is 15. The molecule has 0 atom stereocenters. The van der Waals surface area contributed by atoms with Gasteiger partial charge in [0.1, 0.15) is 0 Å². The summed E-state index contributed by atoms with van der Waals surface area (Å²) in [7, 11) is -3.02. The van der Waals surface area contributed by atoms with E-state index in [1.807, 2.05) is 174 Å². The van der Waals surface area contributed by atoms with Gasteiger partial charge in [-0.15, -0.1) is 34.0 Å². The molecule has 560 valence electrons. The molecule has 0 aliphatic rings. The Labute approximate surface area is 698 Å². The monoisotopic (exact) mass is 1590 g/mol. The molecule has 23 rings (SSSR count). The SMILES string of the molecule is O=P(c1ccccc1)(c1ccccc1)c1ccc(-c2nc3ccccc3c3c2sc2ccccc23)cc1.c1ccc(-c2cc(-c3ccc(-c4nc5ccccc5c5c4sc4ccccc45)cc3)nc(-c3ccccc3)n2)cc1.c1ccc(-c2cc(-c3ccccc3)nc(-c3ccc(-c4nc5ccccc5c5c4sc4ccccc45)cc3)n2)cc1. The summed E-state index contributed by atoms with van der Waals surface area (Å²) in [6, 6.07) is 141. The van der Waals surface area contributed by atoms with Crippen LogP contribution in [0.25, 0.3) is 195 Å². The summed E-state index contributed by atoms with van der Waals surface area (Å²) in [6.07, 6.45) is 0. The average Bonchev–Trinajstić information content (AvgIpc) is 1.62. The fourth-order valence-corrected chi connectivity index (χ4v) is 22.5. The van der Waals surface area contributed by atoms with Gasteiger partial charge in [-0.05, 0) is 48.5 Å². The number of nitrogens with zero attached hydrogens (tertiary/aromatic N) is 7. The van der Waals surface area contributed by atoms with Gasteiger partial charge in [-0.25, -0.2) is 34.9 Å². The van der Waals surface area contributed by atoms with E-state index in [0.717, 1.165) is 122 Å². The third-order valence-electron chi connectivity index (χ3n) is 22.0. The van der Waals surface area contributed by atoms with Crippen LogP contribution in [0.5, 0.6) is 0 Å². The van der Waals surface area contributed by atoms with Gasteiger partial charge >= 0.3 is 0 Å². The highest BCUT2D eigenvalue weighted by Gasteiger charge is 2.30. The fourth-order valence-electron chi connectivity index (χ4n) is 16.2. The molecule has 8 aromatic heterocycles. The maximum atomic E-state index is 14.8. The Morgan fingerprint density at radius 2 is 0.420 bits per heavy atom. The van der Waals surface area contributed by atoms with E-state index in [1.165, 1.54) is 76.7 Å². The van der Waals surface area contributed by atoms with Crippen LogP contribution in [-0.2, 0) is 4.57 Å². The Bertz CT molecular complexity index is 7310. The van der Waals surface area contributed by atoms with Gasteiger partial charge in [0, 0.05) is 129 Å². The Morgan fingerprint density at radius 1 is 0.193 bits per heavy atom. The zero-order valence-corrected chi connectivity index (χ0v) is 67.3. The van der Waals surface area contributed by atoms with Crippen molar-refractivity contribution in [3.63, 3.8) is 0 Å². The first-order valence-electron chi connectivity index (χ1n) is 39.5. The molecule has 0 fully saturated rings. The normalized spacial score (nSPS) is 11.6. The third-order valence-corrected chi connectivity index (χ3v) is 28.6. The Kier molecular flexibility index (Phi) is 19.0. The van der Waals surface area contributed by atoms with Gasteiger partial charge in [0.05, 0.1) is 70.5 Å². The third kappa shape index (κ3) is 13.7. The minimum Gasteiger partial charge on any atom is -0.309 e. The highest BCUT2D eigenvalue weighted by atomic mass is 32.1. The summed E-state index contributed by atoms with van der Waals surface area (Å²) in [5.41, 5.74) is 19.0. The lowest BCUT2D eigenvalue weighted by Crippen LogP contribution is -2.24. The first-order valence-corrected chi connectivity index (χ1v) is 43.7. The number of aromatic nitrogens is 7. The van der Waals surface area contributed by atoms with Gasteiger partial charge in [-0.3, -0.25) is 0 Å². The molecule has 8 nitrogen and oxygen atoms in total. The molecule has 0 amide bonds. The van der Waals surface area contributed by atoms with Gasteiger partial charge in [0.15, 0.2) is 18.8 Å². The lowest BCUT2D eigenvalue weighted by atomic mass is 10.0. The molecular weight excluding hydrogens is 1530 g/mol. The Balaban J connectivity index is 0.000000111. The molecule has 0 spiro atoms. The minimum atomic E-state index is -3.02. The molecule has 0 radical (unpaired) electrons. The predicted octanol–water partition coefficient (Wildman–Crippen LogP) is 28.0. The van der Waals surface area contributed by atoms with Crippen LogP contribution in [0.3, 0.4) is 0 Å².